The Balaban J connectivity index is 1.82. The number of piperidine rings is 1. The Labute approximate surface area is 172 Å². The van der Waals surface area contributed by atoms with Crippen LogP contribution in [-0.4, -0.2) is 23.9 Å². The Morgan fingerprint density at radius 3 is 2.28 bits per heavy atom. The van der Waals surface area contributed by atoms with Crippen molar-refractivity contribution in [3.63, 3.8) is 0 Å². The van der Waals surface area contributed by atoms with Crippen molar-refractivity contribution in [1.29, 1.82) is 0 Å². The molecular formula is C23H29N3O3. The van der Waals surface area contributed by atoms with Crippen LogP contribution < -0.4 is 10.2 Å². The molecule has 1 saturated heterocycles. The fourth-order valence-corrected chi connectivity index (χ4v) is 4.09. The average molecular weight is 396 g/mol. The molecule has 2 aromatic carbocycles. The maximum atomic E-state index is 12.7. The Hall–Kier alpha value is -2.89. The predicted octanol–water partition coefficient (Wildman–Crippen LogP) is 5.45. The van der Waals surface area contributed by atoms with Crippen molar-refractivity contribution in [2.24, 2.45) is 11.8 Å². The van der Waals surface area contributed by atoms with Crippen LogP contribution in [0.4, 0.5) is 17.1 Å². The molecule has 1 N–H and O–H groups in total. The summed E-state index contributed by atoms with van der Waals surface area (Å²) in [6.45, 7) is 10.1. The lowest BCUT2D eigenvalue weighted by molar-refractivity contribution is -0.384. The zero-order valence-electron chi connectivity index (χ0n) is 17.5. The molecule has 1 aliphatic heterocycles. The minimum Gasteiger partial charge on any atom is -0.365 e. The van der Waals surface area contributed by atoms with Crippen molar-refractivity contribution in [2.75, 3.05) is 23.3 Å². The predicted molar refractivity (Wildman–Crippen MR) is 117 cm³/mol. The summed E-state index contributed by atoms with van der Waals surface area (Å²) in [6.07, 6.45) is 1.13. The maximum Gasteiger partial charge on any atom is 0.293 e. The van der Waals surface area contributed by atoms with Crippen LogP contribution in [0.5, 0.6) is 0 Å². The fraction of sp³-hybridized carbons (Fsp3) is 0.435. The molecule has 2 aromatic rings. The van der Waals surface area contributed by atoms with E-state index in [0.717, 1.165) is 19.5 Å². The van der Waals surface area contributed by atoms with E-state index in [2.05, 4.69) is 37.9 Å². The van der Waals surface area contributed by atoms with Crippen molar-refractivity contribution >= 4 is 23.0 Å². The van der Waals surface area contributed by atoms with Gasteiger partial charge < -0.3 is 10.2 Å². The van der Waals surface area contributed by atoms with Crippen LogP contribution in [0.15, 0.2) is 42.5 Å². The zero-order chi connectivity index (χ0) is 21.1. The van der Waals surface area contributed by atoms with Gasteiger partial charge in [0.25, 0.3) is 11.6 Å². The van der Waals surface area contributed by atoms with E-state index in [1.807, 2.05) is 24.3 Å². The van der Waals surface area contributed by atoms with E-state index in [1.165, 1.54) is 11.6 Å². The highest BCUT2D eigenvalue weighted by atomic mass is 16.6. The Kier molecular flexibility index (Phi) is 6.20. The number of benzene rings is 2. The van der Waals surface area contributed by atoms with Gasteiger partial charge in [0.1, 0.15) is 5.69 Å². The van der Waals surface area contributed by atoms with Gasteiger partial charge in [-0.05, 0) is 54.0 Å². The number of carbonyl (C=O) groups excluding carboxylic acids is 1. The number of anilines is 2. The first-order valence-electron chi connectivity index (χ1n) is 10.2. The molecule has 1 heterocycles. The summed E-state index contributed by atoms with van der Waals surface area (Å²) in [7, 11) is 0. The lowest BCUT2D eigenvalue weighted by Crippen LogP contribution is -2.39. The molecule has 0 bridgehead atoms. The lowest BCUT2D eigenvalue weighted by atomic mass is 9.91. The zero-order valence-corrected chi connectivity index (χ0v) is 17.5. The largest absolute Gasteiger partial charge is 0.365 e. The highest BCUT2D eigenvalue weighted by molar-refractivity contribution is 6.05. The molecule has 0 aliphatic carbocycles. The van der Waals surface area contributed by atoms with E-state index < -0.39 is 4.92 Å². The van der Waals surface area contributed by atoms with Crippen molar-refractivity contribution in [2.45, 2.75) is 40.0 Å². The van der Waals surface area contributed by atoms with E-state index in [-0.39, 0.29) is 17.2 Å². The third kappa shape index (κ3) is 4.94. The van der Waals surface area contributed by atoms with Gasteiger partial charge in [-0.15, -0.1) is 0 Å². The summed E-state index contributed by atoms with van der Waals surface area (Å²) in [5, 5.41) is 14.5. The molecule has 2 unspecified atom stereocenters. The molecule has 1 amide bonds. The molecule has 6 heteroatoms. The van der Waals surface area contributed by atoms with E-state index in [0.29, 0.717) is 29.1 Å². The van der Waals surface area contributed by atoms with Crippen LogP contribution in [0.25, 0.3) is 0 Å². The minimum absolute atomic E-state index is 0.0193. The second kappa shape index (κ2) is 8.64. The third-order valence-corrected chi connectivity index (χ3v) is 5.48. The van der Waals surface area contributed by atoms with E-state index in [4.69, 9.17) is 0 Å². The van der Waals surface area contributed by atoms with Crippen LogP contribution in [0.1, 0.15) is 56.0 Å². The molecular weight excluding hydrogens is 366 g/mol. The number of hydrogen-bond donors (Lipinski definition) is 1. The number of nitro groups is 1. The number of hydrogen-bond acceptors (Lipinski definition) is 4. The van der Waals surface area contributed by atoms with Gasteiger partial charge in [0, 0.05) is 30.4 Å². The van der Waals surface area contributed by atoms with Crippen LogP contribution in [0.3, 0.4) is 0 Å². The molecule has 0 saturated carbocycles. The second-order valence-corrected chi connectivity index (χ2v) is 8.54. The molecule has 29 heavy (non-hydrogen) atoms. The Morgan fingerprint density at radius 2 is 1.72 bits per heavy atom. The number of nitro benzene ring substituents is 1. The third-order valence-electron chi connectivity index (χ3n) is 5.48. The quantitative estimate of drug-likeness (QED) is 0.539. The van der Waals surface area contributed by atoms with Gasteiger partial charge in [-0.25, -0.2) is 0 Å². The number of carbonyl (C=O) groups is 1. The van der Waals surface area contributed by atoms with Gasteiger partial charge in [0.05, 0.1) is 4.92 Å². The van der Waals surface area contributed by atoms with Crippen molar-refractivity contribution in [3.8, 4) is 0 Å². The molecule has 0 aromatic heterocycles. The normalized spacial score (nSPS) is 19.3. The van der Waals surface area contributed by atoms with Crippen molar-refractivity contribution in [3.05, 3.63) is 63.7 Å². The van der Waals surface area contributed by atoms with Gasteiger partial charge >= 0.3 is 0 Å². The van der Waals surface area contributed by atoms with Gasteiger partial charge in [0.2, 0.25) is 0 Å². The lowest BCUT2D eigenvalue weighted by Gasteiger charge is -2.36. The first kappa shape index (κ1) is 20.8. The highest BCUT2D eigenvalue weighted by Crippen LogP contribution is 2.34. The minimum atomic E-state index is -0.395. The monoisotopic (exact) mass is 395 g/mol. The summed E-state index contributed by atoms with van der Waals surface area (Å²) >= 11 is 0. The summed E-state index contributed by atoms with van der Waals surface area (Å²) in [5.74, 6) is 1.03. The fourth-order valence-electron chi connectivity index (χ4n) is 4.09. The highest BCUT2D eigenvalue weighted by Gasteiger charge is 2.27. The summed E-state index contributed by atoms with van der Waals surface area (Å²) in [5.41, 5.74) is 2.71. The van der Waals surface area contributed by atoms with Crippen LogP contribution in [0, 0.1) is 22.0 Å². The van der Waals surface area contributed by atoms with Crippen LogP contribution in [0.2, 0.25) is 0 Å². The van der Waals surface area contributed by atoms with Crippen molar-refractivity contribution < 1.29 is 9.72 Å². The Bertz CT molecular complexity index is 883. The molecule has 1 aliphatic rings. The number of nitrogens with zero attached hydrogens (tertiary/aromatic N) is 2. The standard InChI is InChI=1S/C23H29N3O3/c1-15(2)18-5-8-20(9-6-18)24-23(27)19-7-10-21(22(12-19)26(28)29)25-13-16(3)11-17(4)14-25/h5-10,12,15-17H,11,13-14H2,1-4H3,(H,24,27). The number of nitrogens with one attached hydrogen (secondary N) is 1. The maximum absolute atomic E-state index is 12.7. The second-order valence-electron chi connectivity index (χ2n) is 8.54. The van der Waals surface area contributed by atoms with Gasteiger partial charge in [-0.2, -0.15) is 0 Å². The molecule has 6 nitrogen and oxygen atoms in total. The molecule has 2 atom stereocenters. The van der Waals surface area contributed by atoms with Crippen molar-refractivity contribution in [1.82, 2.24) is 0 Å². The molecule has 154 valence electrons. The smallest absolute Gasteiger partial charge is 0.293 e. The van der Waals surface area contributed by atoms with Crippen LogP contribution >= 0.6 is 0 Å². The van der Waals surface area contributed by atoms with Gasteiger partial charge in [0.15, 0.2) is 0 Å². The van der Waals surface area contributed by atoms with Gasteiger partial charge in [-0.1, -0.05) is 39.8 Å². The molecule has 1 fully saturated rings. The average Bonchev–Trinajstić information content (AvgIpc) is 2.67. The van der Waals surface area contributed by atoms with E-state index >= 15 is 0 Å². The Morgan fingerprint density at radius 1 is 1.10 bits per heavy atom. The molecule has 3 rings (SSSR count). The van der Waals surface area contributed by atoms with E-state index in [1.54, 1.807) is 12.1 Å². The van der Waals surface area contributed by atoms with Gasteiger partial charge in [-0.3, -0.25) is 14.9 Å². The van der Waals surface area contributed by atoms with E-state index in [9.17, 15) is 14.9 Å². The summed E-state index contributed by atoms with van der Waals surface area (Å²) in [6, 6.07) is 12.4. The summed E-state index contributed by atoms with van der Waals surface area (Å²) < 4.78 is 0. The first-order valence-corrected chi connectivity index (χ1v) is 10.2. The SMILES string of the molecule is CC1CC(C)CN(c2ccc(C(=O)Nc3ccc(C(C)C)cc3)cc2[N+](=O)[O-])C1. The molecule has 0 spiro atoms. The molecule has 0 radical (unpaired) electrons. The summed E-state index contributed by atoms with van der Waals surface area (Å²) in [4.78, 5) is 26.0. The number of rotatable bonds is 5. The number of amides is 1. The first-order chi connectivity index (χ1) is 13.7. The topological polar surface area (TPSA) is 75.5 Å². The van der Waals surface area contributed by atoms with Crippen LogP contribution in [-0.2, 0) is 0 Å².